The number of nitrogens with zero attached hydrogens (tertiary/aromatic N) is 3. The maximum atomic E-state index is 13.3. The molecular formula is C29H30N4O5S. The molecule has 2 aromatic heterocycles. The number of fused-ring (bicyclic) bond motifs is 1. The first-order valence-corrected chi connectivity index (χ1v) is 13.5. The summed E-state index contributed by atoms with van der Waals surface area (Å²) in [6.45, 7) is 3.07. The highest BCUT2D eigenvalue weighted by Crippen LogP contribution is 2.34. The second kappa shape index (κ2) is 11.3. The summed E-state index contributed by atoms with van der Waals surface area (Å²) in [7, 11) is 4.73. The van der Waals surface area contributed by atoms with Crippen LogP contribution in [-0.2, 0) is 0 Å². The van der Waals surface area contributed by atoms with Crippen LogP contribution in [0.5, 0.6) is 17.2 Å². The Kier molecular flexibility index (Phi) is 7.65. The second-order valence-corrected chi connectivity index (χ2v) is 10.2. The number of carbonyl (C=O) groups is 2. The number of aryl methyl sites for hydroxylation is 1. The first-order valence-electron chi connectivity index (χ1n) is 12.6. The summed E-state index contributed by atoms with van der Waals surface area (Å²) < 4.78 is 16.2. The number of rotatable bonds is 7. The van der Waals surface area contributed by atoms with Gasteiger partial charge in [-0.3, -0.25) is 9.59 Å². The molecular weight excluding hydrogens is 516 g/mol. The van der Waals surface area contributed by atoms with Crippen LogP contribution in [0.3, 0.4) is 0 Å². The standard InChI is InChI=1S/C29H30N4O5S/c1-17-13-25(37-3)26(38-4)14-21(17)31-27(34)23-16-39-28(32-23)18-9-11-33(12-10-18)29(35)22-15-24(36-2)19-7-5-6-8-20(19)30-22/h5-8,13-16,18H,9-12H2,1-4H3,(H,31,34). The number of thiazole rings is 1. The molecule has 39 heavy (non-hydrogen) atoms. The van der Waals surface area contributed by atoms with Gasteiger partial charge in [0.15, 0.2) is 11.5 Å². The van der Waals surface area contributed by atoms with Gasteiger partial charge in [-0.15, -0.1) is 11.3 Å². The Morgan fingerprint density at radius 3 is 2.33 bits per heavy atom. The van der Waals surface area contributed by atoms with Crippen molar-refractivity contribution >= 4 is 39.7 Å². The molecule has 3 heterocycles. The molecule has 4 aromatic rings. The molecule has 10 heteroatoms. The minimum Gasteiger partial charge on any atom is -0.496 e. The van der Waals surface area contributed by atoms with Crippen LogP contribution >= 0.6 is 11.3 Å². The number of methoxy groups -OCH3 is 3. The lowest BCUT2D eigenvalue weighted by Crippen LogP contribution is -2.38. The van der Waals surface area contributed by atoms with Crippen LogP contribution in [0.4, 0.5) is 5.69 Å². The monoisotopic (exact) mass is 546 g/mol. The van der Waals surface area contributed by atoms with Crippen molar-refractivity contribution in [3.8, 4) is 17.2 Å². The summed E-state index contributed by atoms with van der Waals surface area (Å²) in [5, 5.41) is 6.49. The van der Waals surface area contributed by atoms with Gasteiger partial charge in [0.05, 0.1) is 31.9 Å². The first-order chi connectivity index (χ1) is 18.9. The van der Waals surface area contributed by atoms with E-state index in [2.05, 4.69) is 15.3 Å². The van der Waals surface area contributed by atoms with E-state index < -0.39 is 0 Å². The van der Waals surface area contributed by atoms with Crippen molar-refractivity contribution in [3.63, 3.8) is 0 Å². The first kappa shape index (κ1) is 26.4. The lowest BCUT2D eigenvalue weighted by molar-refractivity contribution is 0.0707. The third-order valence-electron chi connectivity index (χ3n) is 6.98. The van der Waals surface area contributed by atoms with Crippen LogP contribution in [0.15, 0.2) is 47.8 Å². The highest BCUT2D eigenvalue weighted by atomic mass is 32.1. The van der Waals surface area contributed by atoms with E-state index in [0.29, 0.717) is 47.4 Å². The van der Waals surface area contributed by atoms with Crippen molar-refractivity contribution < 1.29 is 23.8 Å². The van der Waals surface area contributed by atoms with Crippen LogP contribution in [0, 0.1) is 6.92 Å². The number of anilines is 1. The van der Waals surface area contributed by atoms with E-state index in [9.17, 15) is 9.59 Å². The van der Waals surface area contributed by atoms with Crippen molar-refractivity contribution in [1.29, 1.82) is 0 Å². The molecule has 1 N–H and O–H groups in total. The Morgan fingerprint density at radius 1 is 0.923 bits per heavy atom. The number of ether oxygens (including phenoxy) is 3. The maximum Gasteiger partial charge on any atom is 0.275 e. The third-order valence-corrected chi connectivity index (χ3v) is 7.99. The molecule has 9 nitrogen and oxygen atoms in total. The Morgan fingerprint density at radius 2 is 1.62 bits per heavy atom. The SMILES string of the molecule is COc1cc(C)c(NC(=O)c2csc(C3CCN(C(=O)c4cc(OC)c5ccccc5n4)CC3)n2)cc1OC. The maximum absolute atomic E-state index is 13.3. The minimum atomic E-state index is -0.281. The van der Waals surface area contributed by atoms with Gasteiger partial charge < -0.3 is 24.4 Å². The fourth-order valence-corrected chi connectivity index (χ4v) is 5.77. The molecule has 0 bridgehead atoms. The number of hydrogen-bond donors (Lipinski definition) is 1. The molecule has 0 unspecified atom stereocenters. The average Bonchev–Trinajstić information content (AvgIpc) is 3.47. The van der Waals surface area contributed by atoms with Crippen LogP contribution in [0.25, 0.3) is 10.9 Å². The van der Waals surface area contributed by atoms with E-state index in [1.807, 2.05) is 42.2 Å². The van der Waals surface area contributed by atoms with E-state index in [1.54, 1.807) is 38.8 Å². The highest BCUT2D eigenvalue weighted by molar-refractivity contribution is 7.10. The highest BCUT2D eigenvalue weighted by Gasteiger charge is 2.28. The Balaban J connectivity index is 1.23. The number of pyridine rings is 1. The van der Waals surface area contributed by atoms with Gasteiger partial charge in [0.25, 0.3) is 11.8 Å². The predicted octanol–water partition coefficient (Wildman–Crippen LogP) is 5.30. The number of aromatic nitrogens is 2. The summed E-state index contributed by atoms with van der Waals surface area (Å²) in [5.74, 6) is 1.57. The molecule has 2 aromatic carbocycles. The van der Waals surface area contributed by atoms with Crippen molar-refractivity contribution in [2.24, 2.45) is 0 Å². The molecule has 202 valence electrons. The summed E-state index contributed by atoms with van der Waals surface area (Å²) in [6.07, 6.45) is 1.53. The minimum absolute atomic E-state index is 0.109. The zero-order chi connectivity index (χ0) is 27.5. The molecule has 1 aliphatic heterocycles. The Bertz CT molecular complexity index is 1530. The average molecular weight is 547 g/mol. The number of para-hydroxylation sites is 1. The predicted molar refractivity (Wildman–Crippen MR) is 151 cm³/mol. The molecule has 0 radical (unpaired) electrons. The van der Waals surface area contributed by atoms with E-state index in [0.717, 1.165) is 34.3 Å². The molecule has 1 aliphatic rings. The number of carbonyl (C=O) groups excluding carboxylic acids is 2. The second-order valence-electron chi connectivity index (χ2n) is 9.34. The van der Waals surface area contributed by atoms with Gasteiger partial charge in [0.1, 0.15) is 17.1 Å². The molecule has 5 rings (SSSR count). The summed E-state index contributed by atoms with van der Waals surface area (Å²) >= 11 is 1.48. The fraction of sp³-hybridized carbons (Fsp3) is 0.310. The number of piperidine rings is 1. The lowest BCUT2D eigenvalue weighted by atomic mass is 9.97. The fourth-order valence-electron chi connectivity index (χ4n) is 4.79. The molecule has 2 amide bonds. The quantitative estimate of drug-likeness (QED) is 0.336. The number of hydrogen-bond acceptors (Lipinski definition) is 8. The third kappa shape index (κ3) is 5.37. The summed E-state index contributed by atoms with van der Waals surface area (Å²) in [4.78, 5) is 37.3. The Hall–Kier alpha value is -4.18. The molecule has 1 fully saturated rings. The topological polar surface area (TPSA) is 103 Å². The molecule has 1 saturated heterocycles. The summed E-state index contributed by atoms with van der Waals surface area (Å²) in [6, 6.07) is 12.9. The zero-order valence-electron chi connectivity index (χ0n) is 22.3. The van der Waals surface area contributed by atoms with Gasteiger partial charge in [0.2, 0.25) is 0 Å². The van der Waals surface area contributed by atoms with Gasteiger partial charge in [-0.25, -0.2) is 9.97 Å². The van der Waals surface area contributed by atoms with E-state index in [4.69, 9.17) is 14.2 Å². The smallest absolute Gasteiger partial charge is 0.275 e. The molecule has 0 atom stereocenters. The van der Waals surface area contributed by atoms with Crippen molar-refractivity contribution in [1.82, 2.24) is 14.9 Å². The van der Waals surface area contributed by atoms with Gasteiger partial charge in [0, 0.05) is 47.6 Å². The van der Waals surface area contributed by atoms with Gasteiger partial charge in [-0.2, -0.15) is 0 Å². The van der Waals surface area contributed by atoms with Gasteiger partial charge >= 0.3 is 0 Å². The number of likely N-dealkylation sites (tertiary alicyclic amines) is 1. The van der Waals surface area contributed by atoms with Crippen molar-refractivity contribution in [2.75, 3.05) is 39.7 Å². The van der Waals surface area contributed by atoms with Crippen molar-refractivity contribution in [3.05, 3.63) is 69.8 Å². The van der Waals surface area contributed by atoms with Crippen molar-refractivity contribution in [2.45, 2.75) is 25.7 Å². The number of nitrogens with one attached hydrogen (secondary N) is 1. The summed E-state index contributed by atoms with van der Waals surface area (Å²) in [5.41, 5.74) is 2.97. The normalized spacial score (nSPS) is 13.8. The molecule has 0 spiro atoms. The van der Waals surface area contributed by atoms with Crippen LogP contribution in [-0.4, -0.2) is 61.1 Å². The van der Waals surface area contributed by atoms with Crippen LogP contribution < -0.4 is 19.5 Å². The zero-order valence-corrected chi connectivity index (χ0v) is 23.1. The van der Waals surface area contributed by atoms with Crippen LogP contribution in [0.1, 0.15) is 50.3 Å². The van der Waals surface area contributed by atoms with E-state index in [1.165, 1.54) is 11.3 Å². The van der Waals surface area contributed by atoms with Gasteiger partial charge in [-0.05, 0) is 43.5 Å². The van der Waals surface area contributed by atoms with Gasteiger partial charge in [-0.1, -0.05) is 12.1 Å². The molecule has 0 aliphatic carbocycles. The number of amides is 2. The van der Waals surface area contributed by atoms with E-state index >= 15 is 0 Å². The van der Waals surface area contributed by atoms with E-state index in [-0.39, 0.29) is 17.7 Å². The largest absolute Gasteiger partial charge is 0.496 e. The Labute approximate surface area is 230 Å². The van der Waals surface area contributed by atoms with Crippen LogP contribution in [0.2, 0.25) is 0 Å². The molecule has 0 saturated carbocycles. The number of benzene rings is 2. The lowest BCUT2D eigenvalue weighted by Gasteiger charge is -2.31.